The largest absolute Gasteiger partial charge is 0.465 e. The molecule has 0 unspecified atom stereocenters. The van der Waals surface area contributed by atoms with Crippen LogP contribution in [0.4, 0.5) is 0 Å². The van der Waals surface area contributed by atoms with E-state index in [2.05, 4.69) is 9.97 Å². The number of esters is 1. The molecule has 0 saturated carbocycles. The van der Waals surface area contributed by atoms with Crippen molar-refractivity contribution in [2.75, 3.05) is 13.4 Å². The maximum absolute atomic E-state index is 12.3. The van der Waals surface area contributed by atoms with E-state index < -0.39 is 5.97 Å². The number of carbonyl (C=O) groups excluding carboxylic acids is 1. The Labute approximate surface area is 185 Å². The van der Waals surface area contributed by atoms with Gasteiger partial charge in [-0.1, -0.05) is 41.9 Å². The minimum Gasteiger partial charge on any atom is -0.465 e. The molecule has 3 rings (SSSR count). The number of hydrogen-bond donors (Lipinski definition) is 0. The Morgan fingerprint density at radius 1 is 1.10 bits per heavy atom. The SMILES string of the molecule is CC=C(C(=O)OC)c1c(Oc2cccc(-c3ccc(Cl)cc3)c2)nc(C)nc1SC. The summed E-state index contributed by atoms with van der Waals surface area (Å²) >= 11 is 7.41. The second kappa shape index (κ2) is 9.78. The lowest BCUT2D eigenvalue weighted by Crippen LogP contribution is -2.09. The number of aryl methyl sites for hydroxylation is 1. The lowest BCUT2D eigenvalue weighted by atomic mass is 10.1. The second-order valence-electron chi connectivity index (χ2n) is 6.29. The van der Waals surface area contributed by atoms with Crippen molar-refractivity contribution in [1.82, 2.24) is 9.97 Å². The highest BCUT2D eigenvalue weighted by Gasteiger charge is 2.23. The summed E-state index contributed by atoms with van der Waals surface area (Å²) in [5, 5.41) is 1.32. The molecular weight excluding hydrogens is 420 g/mol. The molecule has 0 spiro atoms. The molecule has 0 aliphatic heterocycles. The van der Waals surface area contributed by atoms with Crippen molar-refractivity contribution in [2.45, 2.75) is 18.9 Å². The third kappa shape index (κ3) is 4.83. The van der Waals surface area contributed by atoms with Crippen molar-refractivity contribution < 1.29 is 14.3 Å². The van der Waals surface area contributed by atoms with Gasteiger partial charge in [0.2, 0.25) is 5.88 Å². The van der Waals surface area contributed by atoms with Crippen LogP contribution in [0.3, 0.4) is 0 Å². The van der Waals surface area contributed by atoms with Gasteiger partial charge in [0.25, 0.3) is 0 Å². The lowest BCUT2D eigenvalue weighted by molar-refractivity contribution is -0.133. The molecule has 0 saturated heterocycles. The van der Waals surface area contributed by atoms with Crippen LogP contribution in [0.1, 0.15) is 18.3 Å². The summed E-state index contributed by atoms with van der Waals surface area (Å²) in [4.78, 5) is 21.3. The van der Waals surface area contributed by atoms with Gasteiger partial charge < -0.3 is 9.47 Å². The first-order valence-corrected chi connectivity index (χ1v) is 10.8. The summed E-state index contributed by atoms with van der Waals surface area (Å²) in [5.74, 6) is 0.972. The van der Waals surface area contributed by atoms with Crippen LogP contribution in [0, 0.1) is 6.92 Å². The number of ether oxygens (including phenoxy) is 2. The van der Waals surface area contributed by atoms with Gasteiger partial charge in [-0.05, 0) is 55.5 Å². The number of nitrogens with zero attached hydrogens (tertiary/aromatic N) is 2. The number of thioether (sulfide) groups is 1. The molecule has 30 heavy (non-hydrogen) atoms. The normalized spacial score (nSPS) is 11.3. The molecule has 5 nitrogen and oxygen atoms in total. The van der Waals surface area contributed by atoms with Crippen LogP contribution in [0.15, 0.2) is 59.6 Å². The summed E-state index contributed by atoms with van der Waals surface area (Å²) in [5.41, 5.74) is 2.85. The standard InChI is InChI=1S/C23H21ClN2O3S/c1-5-19(23(27)28-3)20-21(25-14(2)26-22(20)30-4)29-18-8-6-7-16(13-18)15-9-11-17(24)12-10-15/h5-13H,1-4H3. The van der Waals surface area contributed by atoms with Gasteiger partial charge in [-0.2, -0.15) is 4.98 Å². The molecule has 3 aromatic rings. The van der Waals surface area contributed by atoms with E-state index in [0.29, 0.717) is 38.6 Å². The van der Waals surface area contributed by atoms with Gasteiger partial charge in [0.15, 0.2) is 0 Å². The minimum atomic E-state index is -0.472. The van der Waals surface area contributed by atoms with Gasteiger partial charge in [-0.15, -0.1) is 11.8 Å². The minimum absolute atomic E-state index is 0.304. The van der Waals surface area contributed by atoms with E-state index >= 15 is 0 Å². The van der Waals surface area contributed by atoms with Crippen LogP contribution in [-0.4, -0.2) is 29.3 Å². The number of allylic oxidation sites excluding steroid dienone is 1. The fourth-order valence-corrected chi connectivity index (χ4v) is 3.69. The van der Waals surface area contributed by atoms with Gasteiger partial charge in [0.1, 0.15) is 16.6 Å². The number of hydrogen-bond acceptors (Lipinski definition) is 6. The molecule has 0 amide bonds. The number of methoxy groups -OCH3 is 1. The summed E-state index contributed by atoms with van der Waals surface area (Å²) < 4.78 is 11.1. The molecule has 0 fully saturated rings. The molecular formula is C23H21ClN2O3S. The van der Waals surface area contributed by atoms with Crippen LogP contribution in [0.5, 0.6) is 11.6 Å². The fourth-order valence-electron chi connectivity index (χ4n) is 2.94. The first-order valence-electron chi connectivity index (χ1n) is 9.18. The number of benzene rings is 2. The Hall–Kier alpha value is -2.83. The lowest BCUT2D eigenvalue weighted by Gasteiger charge is -2.15. The van der Waals surface area contributed by atoms with Crippen molar-refractivity contribution in [2.24, 2.45) is 0 Å². The number of aromatic nitrogens is 2. The number of carbonyl (C=O) groups is 1. The number of rotatable bonds is 6. The van der Waals surface area contributed by atoms with Crippen LogP contribution in [0.25, 0.3) is 16.7 Å². The van der Waals surface area contributed by atoms with Gasteiger partial charge >= 0.3 is 5.97 Å². The summed E-state index contributed by atoms with van der Waals surface area (Å²) in [7, 11) is 1.34. The molecule has 0 radical (unpaired) electrons. The van der Waals surface area contributed by atoms with Gasteiger partial charge in [-0.3, -0.25) is 0 Å². The van der Waals surface area contributed by atoms with E-state index in [1.54, 1.807) is 19.9 Å². The summed E-state index contributed by atoms with van der Waals surface area (Å²) in [6.07, 6.45) is 3.57. The number of halogens is 1. The summed E-state index contributed by atoms with van der Waals surface area (Å²) in [6, 6.07) is 15.2. The average molecular weight is 441 g/mol. The van der Waals surface area contributed by atoms with E-state index in [-0.39, 0.29) is 0 Å². The molecule has 0 bridgehead atoms. The Bertz CT molecular complexity index is 1100. The molecule has 1 aromatic heterocycles. The van der Waals surface area contributed by atoms with Crippen molar-refractivity contribution >= 4 is 34.9 Å². The first-order chi connectivity index (χ1) is 14.5. The Morgan fingerprint density at radius 3 is 2.47 bits per heavy atom. The van der Waals surface area contributed by atoms with Crippen molar-refractivity contribution in [3.63, 3.8) is 0 Å². The van der Waals surface area contributed by atoms with Crippen LogP contribution < -0.4 is 4.74 Å². The Morgan fingerprint density at radius 2 is 1.83 bits per heavy atom. The molecule has 7 heteroatoms. The van der Waals surface area contributed by atoms with Crippen molar-refractivity contribution in [3.05, 3.63) is 71.0 Å². The van der Waals surface area contributed by atoms with E-state index in [4.69, 9.17) is 21.1 Å². The molecule has 0 aliphatic rings. The van der Waals surface area contributed by atoms with Crippen LogP contribution >= 0.6 is 23.4 Å². The van der Waals surface area contributed by atoms with Gasteiger partial charge in [-0.25, -0.2) is 9.78 Å². The van der Waals surface area contributed by atoms with E-state index in [1.807, 2.05) is 54.8 Å². The fraction of sp³-hybridized carbons (Fsp3) is 0.174. The maximum atomic E-state index is 12.3. The maximum Gasteiger partial charge on any atom is 0.338 e. The second-order valence-corrected chi connectivity index (χ2v) is 7.52. The molecule has 0 N–H and O–H groups in total. The predicted molar refractivity (Wildman–Crippen MR) is 121 cm³/mol. The van der Waals surface area contributed by atoms with E-state index in [0.717, 1.165) is 11.1 Å². The third-order valence-corrected chi connectivity index (χ3v) is 5.27. The Balaban J connectivity index is 2.06. The summed E-state index contributed by atoms with van der Waals surface area (Å²) in [6.45, 7) is 3.55. The van der Waals surface area contributed by atoms with E-state index in [1.165, 1.54) is 18.9 Å². The highest BCUT2D eigenvalue weighted by Crippen LogP contribution is 2.36. The zero-order valence-electron chi connectivity index (χ0n) is 17.1. The van der Waals surface area contributed by atoms with Gasteiger partial charge in [0, 0.05) is 5.02 Å². The molecule has 2 aromatic carbocycles. The first kappa shape index (κ1) is 21.9. The monoisotopic (exact) mass is 440 g/mol. The van der Waals surface area contributed by atoms with Crippen molar-refractivity contribution in [3.8, 4) is 22.8 Å². The zero-order chi connectivity index (χ0) is 21.7. The third-order valence-electron chi connectivity index (χ3n) is 4.34. The zero-order valence-corrected chi connectivity index (χ0v) is 18.7. The van der Waals surface area contributed by atoms with Crippen LogP contribution in [0.2, 0.25) is 5.02 Å². The molecule has 154 valence electrons. The Kier molecular flexibility index (Phi) is 7.13. The van der Waals surface area contributed by atoms with Crippen molar-refractivity contribution in [1.29, 1.82) is 0 Å². The quantitative estimate of drug-likeness (QED) is 0.197. The molecule has 1 heterocycles. The predicted octanol–water partition coefficient (Wildman–Crippen LogP) is 6.20. The van der Waals surface area contributed by atoms with Crippen LogP contribution in [-0.2, 0) is 9.53 Å². The van der Waals surface area contributed by atoms with E-state index in [9.17, 15) is 4.79 Å². The van der Waals surface area contributed by atoms with Gasteiger partial charge in [0.05, 0.1) is 18.2 Å². The smallest absolute Gasteiger partial charge is 0.338 e. The highest BCUT2D eigenvalue weighted by molar-refractivity contribution is 7.98. The molecule has 0 aliphatic carbocycles. The average Bonchev–Trinajstić information content (AvgIpc) is 2.75. The topological polar surface area (TPSA) is 61.3 Å². The molecule has 0 atom stereocenters. The highest BCUT2D eigenvalue weighted by atomic mass is 35.5.